The van der Waals surface area contributed by atoms with Crippen molar-refractivity contribution in [1.29, 1.82) is 0 Å². The first-order valence-corrected chi connectivity index (χ1v) is 11.2. The Balaban J connectivity index is 1.58. The van der Waals surface area contributed by atoms with Crippen molar-refractivity contribution in [2.24, 2.45) is 0 Å². The maximum atomic E-state index is 12.9. The molecule has 2 amide bonds. The van der Waals surface area contributed by atoms with Gasteiger partial charge >= 0.3 is 5.97 Å². The smallest absolute Gasteiger partial charge is 0.338 e. The molecule has 1 fully saturated rings. The van der Waals surface area contributed by atoms with Crippen LogP contribution in [0.2, 0.25) is 0 Å². The van der Waals surface area contributed by atoms with Crippen LogP contribution in [0.25, 0.3) is 0 Å². The highest BCUT2D eigenvalue weighted by Gasteiger charge is 2.25. The molecule has 32 heavy (non-hydrogen) atoms. The third-order valence-electron chi connectivity index (χ3n) is 5.44. The summed E-state index contributed by atoms with van der Waals surface area (Å²) in [4.78, 5) is 37.6. The molecule has 0 spiro atoms. The van der Waals surface area contributed by atoms with E-state index >= 15 is 0 Å². The summed E-state index contributed by atoms with van der Waals surface area (Å²) < 4.78 is 5.34. The summed E-state index contributed by atoms with van der Waals surface area (Å²) in [6.45, 7) is -0.232. The largest absolute Gasteiger partial charge is 0.459 e. The third-order valence-corrected chi connectivity index (χ3v) is 5.44. The Morgan fingerprint density at radius 1 is 0.938 bits per heavy atom. The summed E-state index contributed by atoms with van der Waals surface area (Å²) in [5.41, 5.74) is 1.48. The number of ether oxygens (including phenoxy) is 1. The Labute approximate surface area is 189 Å². The van der Waals surface area contributed by atoms with Crippen LogP contribution in [0.5, 0.6) is 0 Å². The molecule has 2 N–H and O–H groups in total. The van der Waals surface area contributed by atoms with Crippen molar-refractivity contribution in [3.8, 4) is 0 Å². The van der Waals surface area contributed by atoms with E-state index < -0.39 is 17.9 Å². The molecule has 0 aromatic heterocycles. The van der Waals surface area contributed by atoms with Crippen molar-refractivity contribution in [3.05, 3.63) is 83.9 Å². The highest BCUT2D eigenvalue weighted by atomic mass is 16.5. The van der Waals surface area contributed by atoms with Crippen LogP contribution in [0.1, 0.15) is 48.0 Å². The molecule has 6 nitrogen and oxygen atoms in total. The number of benzene rings is 2. The van der Waals surface area contributed by atoms with Crippen LogP contribution in [0, 0.1) is 0 Å². The molecule has 3 rings (SSSR count). The first-order valence-electron chi connectivity index (χ1n) is 11.2. The molecule has 6 heteroatoms. The van der Waals surface area contributed by atoms with Gasteiger partial charge in [0.1, 0.15) is 12.6 Å². The zero-order valence-corrected chi connectivity index (χ0v) is 18.2. The van der Waals surface area contributed by atoms with E-state index in [0.29, 0.717) is 12.0 Å². The topological polar surface area (TPSA) is 84.5 Å². The molecule has 2 aromatic rings. The molecule has 0 bridgehead atoms. The highest BCUT2D eigenvalue weighted by Crippen LogP contribution is 2.17. The van der Waals surface area contributed by atoms with Crippen LogP contribution < -0.4 is 10.6 Å². The predicted molar refractivity (Wildman–Crippen MR) is 123 cm³/mol. The van der Waals surface area contributed by atoms with Gasteiger partial charge in [-0.15, -0.1) is 0 Å². The van der Waals surface area contributed by atoms with Crippen molar-refractivity contribution >= 4 is 17.8 Å². The van der Waals surface area contributed by atoms with Crippen LogP contribution in [-0.4, -0.2) is 36.5 Å². The lowest BCUT2D eigenvalue weighted by Crippen LogP contribution is -2.52. The zero-order valence-electron chi connectivity index (χ0n) is 18.2. The number of hydrogen-bond acceptors (Lipinski definition) is 4. The molecular formula is C26H30N2O4. The fraction of sp³-hybridized carbons (Fsp3) is 0.346. The van der Waals surface area contributed by atoms with E-state index in [-0.39, 0.29) is 18.6 Å². The minimum Gasteiger partial charge on any atom is -0.459 e. The lowest BCUT2D eigenvalue weighted by molar-refractivity contribution is -0.128. The van der Waals surface area contributed by atoms with Crippen molar-refractivity contribution < 1.29 is 19.1 Å². The number of carbonyl (C=O) groups excluding carboxylic acids is 3. The number of allylic oxidation sites excluding steroid dienone is 1. The summed E-state index contributed by atoms with van der Waals surface area (Å²) >= 11 is 0. The molecule has 2 aromatic carbocycles. The molecule has 1 aliphatic rings. The normalized spacial score (nSPS) is 15.1. The Bertz CT molecular complexity index is 906. The second-order valence-corrected chi connectivity index (χ2v) is 7.96. The van der Waals surface area contributed by atoms with Crippen LogP contribution in [0.3, 0.4) is 0 Å². The fourth-order valence-electron chi connectivity index (χ4n) is 3.68. The van der Waals surface area contributed by atoms with E-state index in [1.54, 1.807) is 36.4 Å². The minimum absolute atomic E-state index is 0.0918. The van der Waals surface area contributed by atoms with Gasteiger partial charge in [0.05, 0.1) is 5.56 Å². The number of rotatable bonds is 9. The van der Waals surface area contributed by atoms with Gasteiger partial charge < -0.3 is 15.4 Å². The van der Waals surface area contributed by atoms with Gasteiger partial charge in [0.25, 0.3) is 0 Å². The van der Waals surface area contributed by atoms with Crippen molar-refractivity contribution in [3.63, 3.8) is 0 Å². The average Bonchev–Trinajstić information content (AvgIpc) is 2.83. The van der Waals surface area contributed by atoms with Crippen LogP contribution >= 0.6 is 0 Å². The number of amides is 2. The minimum atomic E-state index is -0.960. The molecule has 1 atom stereocenters. The van der Waals surface area contributed by atoms with E-state index in [2.05, 4.69) is 10.6 Å². The SMILES string of the molecule is O=C(/C=C/Cc1ccccc1)N[C@@H](COC(=O)c1ccccc1)C(=O)NC1CCCCC1. The second-order valence-electron chi connectivity index (χ2n) is 7.96. The van der Waals surface area contributed by atoms with Gasteiger partial charge in [-0.1, -0.05) is 73.9 Å². The number of hydrogen-bond donors (Lipinski definition) is 2. The molecule has 0 heterocycles. The van der Waals surface area contributed by atoms with Crippen molar-refractivity contribution in [2.75, 3.05) is 6.61 Å². The quantitative estimate of drug-likeness (QED) is 0.467. The third kappa shape index (κ3) is 7.69. The van der Waals surface area contributed by atoms with Gasteiger partial charge in [-0.25, -0.2) is 4.79 Å². The van der Waals surface area contributed by atoms with Gasteiger partial charge in [0.15, 0.2) is 0 Å². The highest BCUT2D eigenvalue weighted by molar-refractivity contribution is 5.93. The van der Waals surface area contributed by atoms with Crippen LogP contribution in [0.4, 0.5) is 0 Å². The Morgan fingerprint density at radius 3 is 2.28 bits per heavy atom. The summed E-state index contributed by atoms with van der Waals surface area (Å²) in [5, 5.41) is 5.69. The molecule has 0 unspecified atom stereocenters. The zero-order chi connectivity index (χ0) is 22.6. The standard InChI is InChI=1S/C26H30N2O4/c29-24(18-10-13-20-11-4-1-5-12-20)28-23(25(30)27-22-16-8-3-9-17-22)19-32-26(31)21-14-6-2-7-15-21/h1-2,4-7,10-12,14-15,18,22-23H,3,8-9,13,16-17,19H2,(H,27,30)(H,28,29)/b18-10+/t23-/m0/s1. The van der Waals surface area contributed by atoms with E-state index in [0.717, 1.165) is 31.2 Å². The first-order chi connectivity index (χ1) is 15.6. The summed E-state index contributed by atoms with van der Waals surface area (Å²) in [7, 11) is 0. The van der Waals surface area contributed by atoms with Gasteiger partial charge in [0, 0.05) is 6.04 Å². The summed E-state index contributed by atoms with van der Waals surface area (Å²) in [6.07, 6.45) is 8.94. The Hall–Kier alpha value is -3.41. The molecule has 0 saturated heterocycles. The molecular weight excluding hydrogens is 404 g/mol. The second kappa shape index (κ2) is 12.4. The average molecular weight is 435 g/mol. The van der Waals surface area contributed by atoms with Gasteiger partial charge in [-0.3, -0.25) is 9.59 Å². The number of carbonyl (C=O) groups is 3. The van der Waals surface area contributed by atoms with Crippen molar-refractivity contribution in [2.45, 2.75) is 50.6 Å². The van der Waals surface area contributed by atoms with Gasteiger partial charge in [-0.05, 0) is 43.0 Å². The van der Waals surface area contributed by atoms with Gasteiger partial charge in [-0.2, -0.15) is 0 Å². The van der Waals surface area contributed by atoms with Crippen LogP contribution in [0.15, 0.2) is 72.8 Å². The molecule has 1 aliphatic carbocycles. The Kier molecular flexibility index (Phi) is 9.05. The van der Waals surface area contributed by atoms with E-state index in [4.69, 9.17) is 4.74 Å². The molecule has 0 radical (unpaired) electrons. The lowest BCUT2D eigenvalue weighted by atomic mass is 9.95. The molecule has 168 valence electrons. The molecule has 1 saturated carbocycles. The Morgan fingerprint density at radius 2 is 1.59 bits per heavy atom. The monoisotopic (exact) mass is 434 g/mol. The molecule has 0 aliphatic heterocycles. The number of nitrogens with one attached hydrogen (secondary N) is 2. The predicted octanol–water partition coefficient (Wildman–Crippen LogP) is 3.58. The lowest BCUT2D eigenvalue weighted by Gasteiger charge is -2.25. The maximum absolute atomic E-state index is 12.9. The van der Waals surface area contributed by atoms with E-state index in [1.807, 2.05) is 30.3 Å². The van der Waals surface area contributed by atoms with E-state index in [1.165, 1.54) is 12.5 Å². The number of esters is 1. The summed E-state index contributed by atoms with van der Waals surface area (Å²) in [5.74, 6) is -1.27. The van der Waals surface area contributed by atoms with E-state index in [9.17, 15) is 14.4 Å². The maximum Gasteiger partial charge on any atom is 0.338 e. The fourth-order valence-corrected chi connectivity index (χ4v) is 3.68. The van der Waals surface area contributed by atoms with Crippen LogP contribution in [-0.2, 0) is 20.7 Å². The summed E-state index contributed by atoms with van der Waals surface area (Å²) in [6, 6.07) is 17.5. The van der Waals surface area contributed by atoms with Crippen molar-refractivity contribution in [1.82, 2.24) is 10.6 Å². The first kappa shape index (κ1) is 23.3. The van der Waals surface area contributed by atoms with Gasteiger partial charge in [0.2, 0.25) is 11.8 Å².